The number of rotatable bonds is 3. The van der Waals surface area contributed by atoms with E-state index in [0.29, 0.717) is 13.7 Å². The highest BCUT2D eigenvalue weighted by Gasteiger charge is 2.17. The molecule has 0 unspecified atom stereocenters. The highest BCUT2D eigenvalue weighted by molar-refractivity contribution is 9.10. The SMILES string of the molecule is O=C(Nn1c(O)c(C=C2C=Nc3ccc(Br)cc32)sc1=S)c1cccs1. The Labute approximate surface area is 170 Å². The van der Waals surface area contributed by atoms with Crippen molar-refractivity contribution >= 4 is 80.3 Å². The Morgan fingerprint density at radius 1 is 1.38 bits per heavy atom. The van der Waals surface area contributed by atoms with Gasteiger partial charge in [0.1, 0.15) is 0 Å². The Morgan fingerprint density at radius 3 is 3.00 bits per heavy atom. The fraction of sp³-hybridized carbons (Fsp3) is 0. The van der Waals surface area contributed by atoms with Crippen molar-refractivity contribution in [2.45, 2.75) is 0 Å². The van der Waals surface area contributed by atoms with Gasteiger partial charge in [-0.05, 0) is 47.9 Å². The van der Waals surface area contributed by atoms with Crippen molar-refractivity contribution in [1.29, 1.82) is 0 Å². The summed E-state index contributed by atoms with van der Waals surface area (Å²) in [5, 5.41) is 12.3. The van der Waals surface area contributed by atoms with Crippen LogP contribution in [0.5, 0.6) is 5.88 Å². The van der Waals surface area contributed by atoms with Gasteiger partial charge in [-0.1, -0.05) is 33.3 Å². The molecule has 26 heavy (non-hydrogen) atoms. The molecule has 1 aliphatic heterocycles. The Morgan fingerprint density at radius 2 is 2.23 bits per heavy atom. The molecule has 0 spiro atoms. The van der Waals surface area contributed by atoms with E-state index in [1.165, 1.54) is 27.3 Å². The lowest BCUT2D eigenvalue weighted by molar-refractivity contribution is 0.101. The summed E-state index contributed by atoms with van der Waals surface area (Å²) in [7, 11) is 0. The summed E-state index contributed by atoms with van der Waals surface area (Å²) in [5.41, 5.74) is 5.33. The molecule has 0 fully saturated rings. The maximum Gasteiger partial charge on any atom is 0.280 e. The zero-order chi connectivity index (χ0) is 18.3. The number of nitrogens with one attached hydrogen (secondary N) is 1. The Hall–Kier alpha value is -2.07. The van der Waals surface area contributed by atoms with Gasteiger partial charge in [0.25, 0.3) is 5.91 Å². The minimum Gasteiger partial charge on any atom is -0.492 e. The van der Waals surface area contributed by atoms with Crippen molar-refractivity contribution in [3.8, 4) is 5.88 Å². The Kier molecular flexibility index (Phi) is 4.62. The van der Waals surface area contributed by atoms with E-state index >= 15 is 0 Å². The maximum atomic E-state index is 12.2. The van der Waals surface area contributed by atoms with E-state index in [0.717, 1.165) is 21.3 Å². The van der Waals surface area contributed by atoms with Gasteiger partial charge in [0.15, 0.2) is 3.95 Å². The Balaban J connectivity index is 1.68. The van der Waals surface area contributed by atoms with Crippen molar-refractivity contribution in [3.05, 3.63) is 59.5 Å². The Bertz CT molecular complexity index is 1130. The molecule has 130 valence electrons. The summed E-state index contributed by atoms with van der Waals surface area (Å²) in [5.74, 6) is -0.422. The minimum absolute atomic E-state index is 0.103. The van der Waals surface area contributed by atoms with Crippen LogP contribution in [0, 0.1) is 3.95 Å². The lowest BCUT2D eigenvalue weighted by Crippen LogP contribution is -2.21. The maximum absolute atomic E-state index is 12.2. The van der Waals surface area contributed by atoms with Gasteiger partial charge in [-0.15, -0.1) is 11.3 Å². The second-order valence-corrected chi connectivity index (χ2v) is 8.87. The van der Waals surface area contributed by atoms with Crippen LogP contribution in [0.1, 0.15) is 20.1 Å². The van der Waals surface area contributed by atoms with Gasteiger partial charge in [-0.25, -0.2) is 0 Å². The molecule has 1 aromatic carbocycles. The summed E-state index contributed by atoms with van der Waals surface area (Å²) in [6.45, 7) is 0. The van der Waals surface area contributed by atoms with Crippen LogP contribution in [-0.2, 0) is 0 Å². The average Bonchev–Trinajstić information content (AvgIpc) is 3.33. The second kappa shape index (κ2) is 6.92. The summed E-state index contributed by atoms with van der Waals surface area (Å²) in [6, 6.07) is 9.32. The quantitative estimate of drug-likeness (QED) is 0.507. The number of allylic oxidation sites excluding steroid dienone is 1. The predicted octanol–water partition coefficient (Wildman–Crippen LogP) is 5.45. The molecule has 0 bridgehead atoms. The molecular weight excluding hydrogens is 454 g/mol. The fourth-order valence-corrected chi connectivity index (χ4v) is 4.61. The molecule has 2 N–H and O–H groups in total. The van der Waals surface area contributed by atoms with E-state index in [4.69, 9.17) is 12.2 Å². The highest BCUT2D eigenvalue weighted by atomic mass is 79.9. The van der Waals surface area contributed by atoms with E-state index in [1.807, 2.05) is 29.7 Å². The summed E-state index contributed by atoms with van der Waals surface area (Å²) < 4.78 is 2.52. The number of nitrogens with zero attached hydrogens (tertiary/aromatic N) is 2. The number of hydrogen-bond acceptors (Lipinski definition) is 6. The number of halogens is 1. The standard InChI is InChI=1S/C17H10BrN3O2S3/c18-10-3-4-12-11(7-10)9(8-19-12)6-14-16(23)21(17(24)26-14)20-15(22)13-2-1-5-25-13/h1-8,23H,(H,20,22). The molecule has 0 radical (unpaired) electrons. The molecule has 0 saturated heterocycles. The van der Waals surface area contributed by atoms with Crippen LogP contribution in [0.3, 0.4) is 0 Å². The molecule has 0 saturated carbocycles. The van der Waals surface area contributed by atoms with Crippen molar-refractivity contribution in [1.82, 2.24) is 4.68 Å². The van der Waals surface area contributed by atoms with Gasteiger partial charge in [0, 0.05) is 21.8 Å². The zero-order valence-corrected chi connectivity index (χ0v) is 17.0. The van der Waals surface area contributed by atoms with Crippen molar-refractivity contribution in [2.75, 3.05) is 5.43 Å². The molecule has 0 aliphatic carbocycles. The molecule has 1 aliphatic rings. The first kappa shape index (κ1) is 17.3. The third kappa shape index (κ3) is 3.18. The summed E-state index contributed by atoms with van der Waals surface area (Å²) >= 11 is 11.3. The highest BCUT2D eigenvalue weighted by Crippen LogP contribution is 2.37. The molecule has 0 atom stereocenters. The van der Waals surface area contributed by atoms with E-state index in [1.54, 1.807) is 18.3 Å². The lowest BCUT2D eigenvalue weighted by Gasteiger charge is -2.06. The fourth-order valence-electron chi connectivity index (χ4n) is 2.46. The van der Waals surface area contributed by atoms with Gasteiger partial charge < -0.3 is 5.11 Å². The smallest absolute Gasteiger partial charge is 0.280 e. The first-order valence-corrected chi connectivity index (χ1v) is 10.3. The number of aromatic nitrogens is 1. The number of aromatic hydroxyl groups is 1. The van der Waals surface area contributed by atoms with Crippen LogP contribution in [0.4, 0.5) is 5.69 Å². The third-order valence-electron chi connectivity index (χ3n) is 3.67. The number of hydrogen-bond donors (Lipinski definition) is 2. The number of benzene rings is 1. The van der Waals surface area contributed by atoms with Crippen LogP contribution >= 0.6 is 50.8 Å². The molecule has 4 rings (SSSR count). The number of amides is 1. The molecule has 9 heteroatoms. The number of carbonyl (C=O) groups excluding carboxylic acids is 1. The van der Waals surface area contributed by atoms with E-state index < -0.39 is 0 Å². The molecular formula is C17H10BrN3O2S3. The number of thiophene rings is 1. The summed E-state index contributed by atoms with van der Waals surface area (Å²) in [6.07, 6.45) is 3.55. The van der Waals surface area contributed by atoms with Crippen LogP contribution in [-0.4, -0.2) is 21.9 Å². The van der Waals surface area contributed by atoms with Crippen molar-refractivity contribution in [3.63, 3.8) is 0 Å². The van der Waals surface area contributed by atoms with Crippen LogP contribution < -0.4 is 5.43 Å². The molecule has 3 aromatic rings. The predicted molar refractivity (Wildman–Crippen MR) is 113 cm³/mol. The van der Waals surface area contributed by atoms with Gasteiger partial charge >= 0.3 is 0 Å². The topological polar surface area (TPSA) is 66.6 Å². The number of carbonyl (C=O) groups is 1. The zero-order valence-electron chi connectivity index (χ0n) is 13.0. The third-order valence-corrected chi connectivity index (χ3v) is 6.34. The molecule has 3 heterocycles. The molecule has 1 amide bonds. The van der Waals surface area contributed by atoms with Crippen molar-refractivity contribution < 1.29 is 9.90 Å². The minimum atomic E-state index is -0.319. The van der Waals surface area contributed by atoms with Gasteiger partial charge in [0.2, 0.25) is 5.88 Å². The van der Waals surface area contributed by atoms with Gasteiger partial charge in [-0.2, -0.15) is 4.68 Å². The lowest BCUT2D eigenvalue weighted by atomic mass is 10.1. The van der Waals surface area contributed by atoms with E-state index in [-0.39, 0.29) is 11.8 Å². The monoisotopic (exact) mass is 463 g/mol. The first-order valence-electron chi connectivity index (χ1n) is 7.38. The number of aliphatic imine (C=N–C) groups is 1. The average molecular weight is 464 g/mol. The largest absolute Gasteiger partial charge is 0.492 e. The number of thiazole rings is 1. The number of fused-ring (bicyclic) bond motifs is 1. The normalized spacial score (nSPS) is 14.0. The van der Waals surface area contributed by atoms with Crippen LogP contribution in [0.2, 0.25) is 0 Å². The van der Waals surface area contributed by atoms with Crippen molar-refractivity contribution in [2.24, 2.45) is 4.99 Å². The van der Waals surface area contributed by atoms with E-state index in [9.17, 15) is 9.90 Å². The van der Waals surface area contributed by atoms with Gasteiger partial charge in [-0.3, -0.25) is 15.2 Å². The second-order valence-electron chi connectivity index (χ2n) is 5.33. The molecule has 5 nitrogen and oxygen atoms in total. The van der Waals surface area contributed by atoms with Gasteiger partial charge in [0.05, 0.1) is 15.4 Å². The van der Waals surface area contributed by atoms with Crippen LogP contribution in [0.15, 0.2) is 45.2 Å². The van der Waals surface area contributed by atoms with E-state index in [2.05, 4.69) is 26.3 Å². The first-order chi connectivity index (χ1) is 12.5. The van der Waals surface area contributed by atoms with Crippen LogP contribution in [0.25, 0.3) is 11.6 Å². The molecule has 2 aromatic heterocycles. The summed E-state index contributed by atoms with van der Waals surface area (Å²) in [4.78, 5) is 17.7.